The topological polar surface area (TPSA) is 70.2 Å². The second-order valence-electron chi connectivity index (χ2n) is 5.00. The molecule has 4 heteroatoms. The van der Waals surface area contributed by atoms with E-state index in [2.05, 4.69) is 4.98 Å². The van der Waals surface area contributed by atoms with Gasteiger partial charge < -0.3 is 10.1 Å². The van der Waals surface area contributed by atoms with E-state index >= 15 is 0 Å². The van der Waals surface area contributed by atoms with Gasteiger partial charge in [0.1, 0.15) is 0 Å². The number of rotatable bonds is 5. The van der Waals surface area contributed by atoms with E-state index in [0.29, 0.717) is 5.56 Å². The van der Waals surface area contributed by atoms with Gasteiger partial charge >= 0.3 is 5.97 Å². The fraction of sp³-hybridized carbons (Fsp3) is 0.333. The first-order chi connectivity index (χ1) is 8.99. The highest BCUT2D eigenvalue weighted by molar-refractivity contribution is 6.09. The number of benzene rings is 1. The van der Waals surface area contributed by atoms with Crippen molar-refractivity contribution in [2.45, 2.75) is 26.7 Å². The van der Waals surface area contributed by atoms with E-state index in [0.717, 1.165) is 16.6 Å². The predicted octanol–water partition coefficient (Wildman–Crippen LogP) is 3.16. The molecule has 0 aliphatic heterocycles. The zero-order valence-electron chi connectivity index (χ0n) is 11.1. The summed E-state index contributed by atoms with van der Waals surface area (Å²) in [6, 6.07) is 7.65. The molecular formula is C15H17NO3. The van der Waals surface area contributed by atoms with Gasteiger partial charge in [-0.05, 0) is 18.9 Å². The summed E-state index contributed by atoms with van der Waals surface area (Å²) in [7, 11) is 0. The van der Waals surface area contributed by atoms with Crippen LogP contribution >= 0.6 is 0 Å². The Kier molecular flexibility index (Phi) is 3.69. The van der Waals surface area contributed by atoms with E-state index in [9.17, 15) is 9.59 Å². The molecule has 2 N–H and O–H groups in total. The molecule has 1 aromatic carbocycles. The summed E-state index contributed by atoms with van der Waals surface area (Å²) in [6.45, 7) is 3.66. The lowest BCUT2D eigenvalue weighted by Crippen LogP contribution is -2.10. The molecular weight excluding hydrogens is 242 g/mol. The van der Waals surface area contributed by atoms with Crippen LogP contribution in [-0.2, 0) is 4.79 Å². The first-order valence-corrected chi connectivity index (χ1v) is 6.31. The van der Waals surface area contributed by atoms with E-state index in [1.54, 1.807) is 6.92 Å². The Morgan fingerprint density at radius 1 is 1.26 bits per heavy atom. The molecule has 1 atom stereocenters. The number of carboxylic acids is 1. The Balaban J connectivity index is 2.26. The van der Waals surface area contributed by atoms with Crippen molar-refractivity contribution in [1.29, 1.82) is 0 Å². The van der Waals surface area contributed by atoms with Crippen molar-refractivity contribution in [3.8, 4) is 0 Å². The highest BCUT2D eigenvalue weighted by atomic mass is 16.4. The number of para-hydroxylation sites is 1. The number of nitrogens with one attached hydrogen (secondary N) is 1. The molecule has 2 aromatic rings. The summed E-state index contributed by atoms with van der Waals surface area (Å²) in [5.41, 5.74) is 2.47. The Bertz CT molecular complexity index is 627. The molecule has 2 rings (SSSR count). The van der Waals surface area contributed by atoms with E-state index in [1.807, 2.05) is 31.2 Å². The third-order valence-electron chi connectivity index (χ3n) is 3.23. The summed E-state index contributed by atoms with van der Waals surface area (Å²) in [5.74, 6) is -1.02. The summed E-state index contributed by atoms with van der Waals surface area (Å²) >= 11 is 0. The van der Waals surface area contributed by atoms with Gasteiger partial charge in [0, 0.05) is 35.0 Å². The van der Waals surface area contributed by atoms with Crippen LogP contribution in [0.2, 0.25) is 0 Å². The first-order valence-electron chi connectivity index (χ1n) is 6.31. The molecule has 0 fully saturated rings. The second-order valence-corrected chi connectivity index (χ2v) is 5.00. The molecule has 0 bridgehead atoms. The number of aliphatic carboxylic acids is 1. The van der Waals surface area contributed by atoms with E-state index < -0.39 is 5.97 Å². The minimum atomic E-state index is -0.865. The van der Waals surface area contributed by atoms with Gasteiger partial charge in [-0.15, -0.1) is 0 Å². The number of carbonyl (C=O) groups is 2. The third kappa shape index (κ3) is 2.84. The van der Waals surface area contributed by atoms with Crippen LogP contribution in [0.1, 0.15) is 35.8 Å². The number of H-pyrrole nitrogens is 1. The summed E-state index contributed by atoms with van der Waals surface area (Å²) in [4.78, 5) is 26.1. The summed E-state index contributed by atoms with van der Waals surface area (Å²) in [6.07, 6.45) is 0.280. The maximum absolute atomic E-state index is 12.3. The number of aromatic amines is 1. The van der Waals surface area contributed by atoms with Crippen LogP contribution in [0.15, 0.2) is 24.3 Å². The molecule has 0 spiro atoms. The third-order valence-corrected chi connectivity index (χ3v) is 3.23. The number of aryl methyl sites for hydroxylation is 1. The lowest BCUT2D eigenvalue weighted by atomic mass is 9.95. The van der Waals surface area contributed by atoms with Gasteiger partial charge in [0.2, 0.25) is 0 Å². The summed E-state index contributed by atoms with van der Waals surface area (Å²) < 4.78 is 0. The fourth-order valence-corrected chi connectivity index (χ4v) is 2.42. The largest absolute Gasteiger partial charge is 0.481 e. The molecule has 0 radical (unpaired) electrons. The lowest BCUT2D eigenvalue weighted by Gasteiger charge is -2.07. The molecule has 0 saturated heterocycles. The summed E-state index contributed by atoms with van der Waals surface area (Å²) in [5, 5.41) is 9.65. The minimum Gasteiger partial charge on any atom is -0.481 e. The van der Waals surface area contributed by atoms with Crippen LogP contribution in [0.25, 0.3) is 10.9 Å². The number of Topliss-reactive ketones (excluding diaryl/α,β-unsaturated/α-hetero) is 1. The van der Waals surface area contributed by atoms with Crippen molar-refractivity contribution >= 4 is 22.7 Å². The number of carboxylic acid groups (broad SMARTS) is 1. The fourth-order valence-electron chi connectivity index (χ4n) is 2.42. The van der Waals surface area contributed by atoms with Gasteiger partial charge in [-0.3, -0.25) is 9.59 Å². The van der Waals surface area contributed by atoms with Crippen LogP contribution in [0.5, 0.6) is 0 Å². The van der Waals surface area contributed by atoms with Crippen molar-refractivity contribution in [2.75, 3.05) is 0 Å². The van der Waals surface area contributed by atoms with Crippen molar-refractivity contribution in [3.05, 3.63) is 35.5 Å². The first kappa shape index (κ1) is 13.3. The average molecular weight is 259 g/mol. The molecule has 0 saturated carbocycles. The normalized spacial score (nSPS) is 12.5. The van der Waals surface area contributed by atoms with Gasteiger partial charge in [0.05, 0.1) is 0 Å². The quantitative estimate of drug-likeness (QED) is 0.810. The monoisotopic (exact) mass is 259 g/mol. The molecule has 1 unspecified atom stereocenters. The highest BCUT2D eigenvalue weighted by Gasteiger charge is 2.19. The molecule has 4 nitrogen and oxygen atoms in total. The van der Waals surface area contributed by atoms with Crippen molar-refractivity contribution in [2.24, 2.45) is 5.92 Å². The Labute approximate surface area is 111 Å². The minimum absolute atomic E-state index is 0.00343. The van der Waals surface area contributed by atoms with Crippen LogP contribution in [0.4, 0.5) is 0 Å². The van der Waals surface area contributed by atoms with E-state index in [-0.39, 0.29) is 24.5 Å². The second kappa shape index (κ2) is 5.26. The number of aromatic nitrogens is 1. The molecule has 1 heterocycles. The number of fused-ring (bicyclic) bond motifs is 1. The van der Waals surface area contributed by atoms with Gasteiger partial charge in [-0.25, -0.2) is 0 Å². The lowest BCUT2D eigenvalue weighted by molar-refractivity contribution is -0.137. The van der Waals surface area contributed by atoms with Gasteiger partial charge in [-0.2, -0.15) is 0 Å². The Morgan fingerprint density at radius 2 is 1.95 bits per heavy atom. The van der Waals surface area contributed by atoms with Crippen molar-refractivity contribution < 1.29 is 14.7 Å². The molecule has 0 amide bonds. The zero-order chi connectivity index (χ0) is 14.0. The van der Waals surface area contributed by atoms with Crippen molar-refractivity contribution in [3.63, 3.8) is 0 Å². The maximum Gasteiger partial charge on any atom is 0.303 e. The maximum atomic E-state index is 12.3. The molecule has 100 valence electrons. The molecule has 19 heavy (non-hydrogen) atoms. The van der Waals surface area contributed by atoms with Crippen LogP contribution < -0.4 is 0 Å². The number of hydrogen-bond acceptors (Lipinski definition) is 2. The van der Waals surface area contributed by atoms with Gasteiger partial charge in [0.15, 0.2) is 5.78 Å². The highest BCUT2D eigenvalue weighted by Crippen LogP contribution is 2.24. The Hall–Kier alpha value is -2.10. The number of carbonyl (C=O) groups excluding carboxylic acids is 1. The molecule has 1 aromatic heterocycles. The predicted molar refractivity (Wildman–Crippen MR) is 73.4 cm³/mol. The van der Waals surface area contributed by atoms with Gasteiger partial charge in [-0.1, -0.05) is 25.1 Å². The SMILES string of the molecule is Cc1[nH]c2ccccc2c1C(=O)CC(C)CC(=O)O. The van der Waals surface area contributed by atoms with Crippen molar-refractivity contribution in [1.82, 2.24) is 4.98 Å². The van der Waals surface area contributed by atoms with E-state index in [1.165, 1.54) is 0 Å². The van der Waals surface area contributed by atoms with Crippen LogP contribution in [0, 0.1) is 12.8 Å². The van der Waals surface area contributed by atoms with Crippen LogP contribution in [-0.4, -0.2) is 21.8 Å². The average Bonchev–Trinajstić information content (AvgIpc) is 2.63. The van der Waals surface area contributed by atoms with Gasteiger partial charge in [0.25, 0.3) is 0 Å². The van der Waals surface area contributed by atoms with Crippen LogP contribution in [0.3, 0.4) is 0 Å². The number of hydrogen-bond donors (Lipinski definition) is 2. The smallest absolute Gasteiger partial charge is 0.303 e. The van der Waals surface area contributed by atoms with E-state index in [4.69, 9.17) is 5.11 Å². The Morgan fingerprint density at radius 3 is 2.63 bits per heavy atom. The zero-order valence-corrected chi connectivity index (χ0v) is 11.1. The molecule has 0 aliphatic rings. The number of ketones is 1. The molecule has 0 aliphatic carbocycles. The standard InChI is InChI=1S/C15H17NO3/c1-9(8-14(18)19)7-13(17)15-10(2)16-12-6-4-3-5-11(12)15/h3-6,9,16H,7-8H2,1-2H3,(H,18,19).